The van der Waals surface area contributed by atoms with Crippen molar-refractivity contribution in [3.63, 3.8) is 0 Å². The number of nitrogens with one attached hydrogen (secondary N) is 4. The smallest absolute Gasteiger partial charge is 0.326 e. The number of carboxylic acid groups (broad SMARTS) is 1. The number of rotatable bonds is 18. The Morgan fingerprint density at radius 2 is 1.51 bits per heavy atom. The summed E-state index contributed by atoms with van der Waals surface area (Å²) >= 11 is 0. The monoisotopic (exact) mass is 574 g/mol. The average Bonchev–Trinajstić information content (AvgIpc) is 3.44. The minimum absolute atomic E-state index is 0.00827. The maximum atomic E-state index is 13.3. The van der Waals surface area contributed by atoms with Crippen molar-refractivity contribution in [3.05, 3.63) is 48.0 Å². The van der Waals surface area contributed by atoms with E-state index in [1.165, 1.54) is 36.8 Å². The first-order chi connectivity index (χ1) is 19.5. The van der Waals surface area contributed by atoms with Gasteiger partial charge >= 0.3 is 5.97 Å². The highest BCUT2D eigenvalue weighted by molar-refractivity contribution is 5.94. The predicted molar refractivity (Wildman–Crippen MR) is 147 cm³/mol. The van der Waals surface area contributed by atoms with Gasteiger partial charge in [0.15, 0.2) is 0 Å². The van der Waals surface area contributed by atoms with Crippen LogP contribution in [-0.2, 0) is 36.8 Å². The van der Waals surface area contributed by atoms with Gasteiger partial charge < -0.3 is 48.3 Å². The Morgan fingerprint density at radius 1 is 0.878 bits per heavy atom. The molecule has 0 aliphatic rings. The van der Waals surface area contributed by atoms with E-state index < -0.39 is 53.8 Å². The molecule has 0 spiro atoms. The van der Waals surface area contributed by atoms with Crippen LogP contribution in [0.1, 0.15) is 43.4 Å². The fourth-order valence-electron chi connectivity index (χ4n) is 3.91. The van der Waals surface area contributed by atoms with Gasteiger partial charge in [0, 0.05) is 31.2 Å². The summed E-state index contributed by atoms with van der Waals surface area (Å²) in [6.45, 7) is 0.364. The number of amides is 4. The van der Waals surface area contributed by atoms with E-state index in [1.807, 2.05) is 0 Å². The number of unbranched alkanes of at least 4 members (excludes halogenated alkanes) is 1. The SMILES string of the molecule is NCCCCC(NC(=O)C(N)CCC(N)=O)C(=O)NC(Cc1cnc[nH]1)C(=O)NC(Cc1ccc(O)cc1)C(=O)O. The number of primary amides is 1. The third kappa shape index (κ3) is 11.6. The fraction of sp³-hybridized carbons (Fsp3) is 0.462. The Kier molecular flexibility index (Phi) is 13.2. The van der Waals surface area contributed by atoms with Crippen molar-refractivity contribution in [2.24, 2.45) is 17.2 Å². The van der Waals surface area contributed by atoms with E-state index in [1.54, 1.807) is 0 Å². The number of carbonyl (C=O) groups excluding carboxylic acids is 4. The van der Waals surface area contributed by atoms with Gasteiger partial charge in [-0.3, -0.25) is 19.2 Å². The summed E-state index contributed by atoms with van der Waals surface area (Å²) in [5.41, 5.74) is 17.6. The van der Waals surface area contributed by atoms with Crippen LogP contribution in [0.2, 0.25) is 0 Å². The Balaban J connectivity index is 2.19. The number of nitrogens with two attached hydrogens (primary N) is 3. The van der Waals surface area contributed by atoms with Crippen LogP contribution in [0.4, 0.5) is 0 Å². The molecule has 12 N–H and O–H groups in total. The molecular formula is C26H38N8O7. The number of imidazole rings is 1. The largest absolute Gasteiger partial charge is 0.508 e. The Hall–Kier alpha value is -4.50. The fourth-order valence-corrected chi connectivity index (χ4v) is 3.91. The third-order valence-electron chi connectivity index (χ3n) is 6.22. The number of phenols is 1. The van der Waals surface area contributed by atoms with Crippen LogP contribution in [0.5, 0.6) is 5.75 Å². The zero-order valence-electron chi connectivity index (χ0n) is 22.5. The number of carbonyl (C=O) groups is 5. The maximum absolute atomic E-state index is 13.3. The van der Waals surface area contributed by atoms with Crippen LogP contribution < -0.4 is 33.2 Å². The number of phenolic OH excluding ortho intramolecular Hbond substituents is 1. The lowest BCUT2D eigenvalue weighted by molar-refractivity contribution is -0.142. The topological polar surface area (TPSA) is 269 Å². The summed E-state index contributed by atoms with van der Waals surface area (Å²) in [5.74, 6) is -4.05. The maximum Gasteiger partial charge on any atom is 0.326 e. The van der Waals surface area contributed by atoms with E-state index >= 15 is 0 Å². The second-order valence-electron chi connectivity index (χ2n) is 9.57. The van der Waals surface area contributed by atoms with E-state index in [2.05, 4.69) is 25.9 Å². The normalized spacial score (nSPS) is 13.8. The van der Waals surface area contributed by atoms with Gasteiger partial charge in [-0.2, -0.15) is 0 Å². The molecule has 1 aromatic carbocycles. The number of H-pyrrole nitrogens is 1. The first-order valence-electron chi connectivity index (χ1n) is 13.1. The highest BCUT2D eigenvalue weighted by Gasteiger charge is 2.31. The number of aromatic nitrogens is 2. The number of carboxylic acids is 1. The predicted octanol–water partition coefficient (Wildman–Crippen LogP) is -1.84. The van der Waals surface area contributed by atoms with E-state index in [0.29, 0.717) is 30.6 Å². The van der Waals surface area contributed by atoms with Gasteiger partial charge in [0.05, 0.1) is 12.4 Å². The lowest BCUT2D eigenvalue weighted by atomic mass is 10.0. The van der Waals surface area contributed by atoms with Gasteiger partial charge in [0.25, 0.3) is 0 Å². The van der Waals surface area contributed by atoms with Crippen molar-refractivity contribution in [1.29, 1.82) is 0 Å². The molecule has 0 aliphatic heterocycles. The molecule has 15 heteroatoms. The van der Waals surface area contributed by atoms with E-state index in [4.69, 9.17) is 17.2 Å². The number of nitrogens with zero attached hydrogens (tertiary/aromatic N) is 1. The number of aromatic amines is 1. The van der Waals surface area contributed by atoms with E-state index in [-0.39, 0.29) is 37.9 Å². The number of aromatic hydroxyl groups is 1. The van der Waals surface area contributed by atoms with Gasteiger partial charge in [0.2, 0.25) is 23.6 Å². The molecule has 2 aromatic rings. The minimum Gasteiger partial charge on any atom is -0.508 e. The molecule has 0 saturated carbocycles. The lowest BCUT2D eigenvalue weighted by Gasteiger charge is -2.25. The van der Waals surface area contributed by atoms with Crippen molar-refractivity contribution in [2.45, 2.75) is 69.1 Å². The van der Waals surface area contributed by atoms with Gasteiger partial charge in [0.1, 0.15) is 23.9 Å². The van der Waals surface area contributed by atoms with Gasteiger partial charge in [-0.1, -0.05) is 12.1 Å². The molecule has 1 heterocycles. The first-order valence-corrected chi connectivity index (χ1v) is 13.1. The Labute approximate surface area is 236 Å². The number of hydrogen-bond donors (Lipinski definition) is 9. The second-order valence-corrected chi connectivity index (χ2v) is 9.57. The number of aliphatic carboxylic acids is 1. The third-order valence-corrected chi connectivity index (χ3v) is 6.22. The van der Waals surface area contributed by atoms with Crippen LogP contribution in [0.15, 0.2) is 36.8 Å². The van der Waals surface area contributed by atoms with Crippen molar-refractivity contribution in [3.8, 4) is 5.75 Å². The highest BCUT2D eigenvalue weighted by Crippen LogP contribution is 2.12. The van der Waals surface area contributed by atoms with E-state index in [0.717, 1.165) is 0 Å². The summed E-state index contributed by atoms with van der Waals surface area (Å²) in [6.07, 6.45) is 3.84. The van der Waals surface area contributed by atoms with Gasteiger partial charge in [-0.25, -0.2) is 9.78 Å². The molecule has 4 unspecified atom stereocenters. The van der Waals surface area contributed by atoms with Crippen molar-refractivity contribution in [2.75, 3.05) is 6.54 Å². The zero-order valence-corrected chi connectivity index (χ0v) is 22.5. The van der Waals surface area contributed by atoms with Crippen LogP contribution in [0, 0.1) is 0 Å². The van der Waals surface area contributed by atoms with Crippen molar-refractivity contribution < 1.29 is 34.2 Å². The molecule has 4 amide bonds. The van der Waals surface area contributed by atoms with E-state index in [9.17, 15) is 34.2 Å². The minimum atomic E-state index is -1.34. The van der Waals surface area contributed by atoms with Gasteiger partial charge in [-0.05, 0) is 49.9 Å². The number of benzene rings is 1. The summed E-state index contributed by atoms with van der Waals surface area (Å²) < 4.78 is 0. The highest BCUT2D eigenvalue weighted by atomic mass is 16.4. The Bertz CT molecular complexity index is 1160. The quantitative estimate of drug-likeness (QED) is 0.0897. The summed E-state index contributed by atoms with van der Waals surface area (Å²) in [6, 6.07) is 1.12. The molecule has 4 atom stereocenters. The molecule has 0 saturated heterocycles. The summed E-state index contributed by atoms with van der Waals surface area (Å²) in [7, 11) is 0. The lowest BCUT2D eigenvalue weighted by Crippen LogP contribution is -2.57. The molecule has 224 valence electrons. The molecule has 0 radical (unpaired) electrons. The summed E-state index contributed by atoms with van der Waals surface area (Å²) in [5, 5.41) is 26.8. The average molecular weight is 575 g/mol. The molecular weight excluding hydrogens is 536 g/mol. The molecule has 41 heavy (non-hydrogen) atoms. The van der Waals surface area contributed by atoms with Gasteiger partial charge in [-0.15, -0.1) is 0 Å². The molecule has 15 nitrogen and oxygen atoms in total. The van der Waals surface area contributed by atoms with Crippen molar-refractivity contribution >= 4 is 29.6 Å². The summed E-state index contributed by atoms with van der Waals surface area (Å²) in [4.78, 5) is 69.0. The first kappa shape index (κ1) is 32.7. The van der Waals surface area contributed by atoms with Crippen molar-refractivity contribution in [1.82, 2.24) is 25.9 Å². The zero-order chi connectivity index (χ0) is 30.4. The molecule has 1 aromatic heterocycles. The molecule has 0 bridgehead atoms. The van der Waals surface area contributed by atoms with Crippen LogP contribution >= 0.6 is 0 Å². The van der Waals surface area contributed by atoms with Crippen LogP contribution in [0.3, 0.4) is 0 Å². The Morgan fingerprint density at radius 3 is 2.10 bits per heavy atom. The van der Waals surface area contributed by atoms with Crippen LogP contribution in [-0.4, -0.2) is 80.5 Å². The number of hydrogen-bond acceptors (Lipinski definition) is 9. The standard InChI is InChI=1S/C26H38N8O7/c27-10-2-1-3-19(32-23(37)18(28)8-9-22(29)36)24(38)33-20(12-16-13-30-14-31-16)25(39)34-21(26(40)41)11-15-4-6-17(35)7-5-15/h4-7,13-14,18-21,35H,1-3,8-12,27-28H2,(H2,29,36)(H,30,31)(H,32,37)(H,33,38)(H,34,39)(H,40,41). The van der Waals surface area contributed by atoms with Crippen LogP contribution in [0.25, 0.3) is 0 Å². The molecule has 0 aliphatic carbocycles. The molecule has 2 rings (SSSR count). The molecule has 0 fully saturated rings. The second kappa shape index (κ2) is 16.6.